The Kier molecular flexibility index (Phi) is 6.35. The molecule has 0 aliphatic heterocycles. The molecule has 2 atom stereocenters. The van der Waals surface area contributed by atoms with Gasteiger partial charge in [-0.25, -0.2) is 8.78 Å². The van der Waals surface area contributed by atoms with E-state index in [1.165, 1.54) is 30.3 Å². The molecule has 2 rings (SSSR count). The molecular formula is C20H15F2N3O2. The van der Waals surface area contributed by atoms with Gasteiger partial charge in [0, 0.05) is 11.6 Å². The van der Waals surface area contributed by atoms with Crippen molar-refractivity contribution >= 4 is 17.4 Å². The Balaban J connectivity index is 2.48. The highest BCUT2D eigenvalue weighted by Gasteiger charge is 2.40. The third kappa shape index (κ3) is 4.53. The van der Waals surface area contributed by atoms with Crippen LogP contribution in [-0.4, -0.2) is 11.7 Å². The first kappa shape index (κ1) is 19.7. The van der Waals surface area contributed by atoms with Gasteiger partial charge in [-0.1, -0.05) is 18.2 Å². The molecule has 5 nitrogen and oxygen atoms in total. The number of amides is 1. The van der Waals surface area contributed by atoms with Gasteiger partial charge in [0.25, 0.3) is 0 Å². The number of Topliss-reactive ketones (excluding diaryl/α,β-unsaturated/α-hetero) is 1. The zero-order valence-corrected chi connectivity index (χ0v) is 14.3. The summed E-state index contributed by atoms with van der Waals surface area (Å²) in [6, 6.07) is 13.7. The fourth-order valence-electron chi connectivity index (χ4n) is 2.84. The molecule has 0 aromatic heterocycles. The van der Waals surface area contributed by atoms with E-state index in [4.69, 9.17) is 0 Å². The van der Waals surface area contributed by atoms with Crippen LogP contribution in [-0.2, 0) is 9.59 Å². The molecule has 0 saturated heterocycles. The van der Waals surface area contributed by atoms with E-state index in [-0.39, 0.29) is 11.3 Å². The Morgan fingerprint density at radius 2 is 1.59 bits per heavy atom. The molecular weight excluding hydrogens is 352 g/mol. The van der Waals surface area contributed by atoms with Crippen molar-refractivity contribution in [3.05, 3.63) is 65.7 Å². The summed E-state index contributed by atoms with van der Waals surface area (Å²) in [5.41, 5.74) is 0.158. The number of rotatable bonds is 6. The van der Waals surface area contributed by atoms with E-state index in [2.05, 4.69) is 5.32 Å². The number of nitrogens with one attached hydrogen (secondary N) is 1. The van der Waals surface area contributed by atoms with E-state index in [0.717, 1.165) is 25.1 Å². The Bertz CT molecular complexity index is 915. The maximum absolute atomic E-state index is 14.3. The van der Waals surface area contributed by atoms with Crippen LogP contribution in [0.15, 0.2) is 48.5 Å². The molecule has 1 amide bonds. The number of carbonyl (C=O) groups is 2. The van der Waals surface area contributed by atoms with Crippen molar-refractivity contribution in [3.63, 3.8) is 0 Å². The lowest BCUT2D eigenvalue weighted by Crippen LogP contribution is -2.36. The average Bonchev–Trinajstić information content (AvgIpc) is 2.64. The second-order valence-corrected chi connectivity index (χ2v) is 5.87. The van der Waals surface area contributed by atoms with Gasteiger partial charge in [-0.15, -0.1) is 0 Å². The summed E-state index contributed by atoms with van der Waals surface area (Å²) in [5, 5.41) is 21.1. The smallest absolute Gasteiger partial charge is 0.235 e. The fraction of sp³-hybridized carbons (Fsp3) is 0.200. The number of hydrogen-bond donors (Lipinski definition) is 1. The van der Waals surface area contributed by atoms with E-state index >= 15 is 0 Å². The van der Waals surface area contributed by atoms with E-state index in [1.54, 1.807) is 12.1 Å². The topological polar surface area (TPSA) is 93.8 Å². The summed E-state index contributed by atoms with van der Waals surface area (Å²) in [6.45, 7) is 1.13. The molecule has 0 heterocycles. The number of benzene rings is 2. The molecule has 0 unspecified atom stereocenters. The lowest BCUT2D eigenvalue weighted by Gasteiger charge is -2.26. The average molecular weight is 367 g/mol. The minimum absolute atomic E-state index is 0.0694. The Morgan fingerprint density at radius 1 is 1.00 bits per heavy atom. The van der Waals surface area contributed by atoms with Crippen LogP contribution in [0.2, 0.25) is 0 Å². The number of anilines is 1. The monoisotopic (exact) mass is 367 g/mol. The van der Waals surface area contributed by atoms with Crippen molar-refractivity contribution in [2.24, 2.45) is 11.8 Å². The van der Waals surface area contributed by atoms with Crippen LogP contribution in [0.3, 0.4) is 0 Å². The number of ketones is 1. The molecule has 0 spiro atoms. The van der Waals surface area contributed by atoms with Crippen molar-refractivity contribution in [1.29, 1.82) is 10.5 Å². The number of halogens is 2. The predicted molar refractivity (Wildman–Crippen MR) is 93.1 cm³/mol. The maximum atomic E-state index is 14.3. The second kappa shape index (κ2) is 8.68. The zero-order valence-electron chi connectivity index (χ0n) is 14.3. The number of hydrogen-bond acceptors (Lipinski definition) is 4. The summed E-state index contributed by atoms with van der Waals surface area (Å²) in [6.07, 6.45) is 0. The van der Waals surface area contributed by atoms with Gasteiger partial charge in [-0.2, -0.15) is 10.5 Å². The Hall–Kier alpha value is -3.58. The number of carbonyl (C=O) groups excluding carboxylic acids is 2. The van der Waals surface area contributed by atoms with E-state index in [0.29, 0.717) is 0 Å². The highest BCUT2D eigenvalue weighted by atomic mass is 19.1. The molecule has 0 bridgehead atoms. The van der Waals surface area contributed by atoms with Crippen LogP contribution in [0, 0.1) is 46.1 Å². The van der Waals surface area contributed by atoms with Crippen LogP contribution in [0.5, 0.6) is 0 Å². The third-order valence-electron chi connectivity index (χ3n) is 4.09. The van der Waals surface area contributed by atoms with Crippen LogP contribution >= 0.6 is 0 Å². The molecule has 1 N–H and O–H groups in total. The number of nitriles is 2. The molecule has 0 fully saturated rings. The van der Waals surface area contributed by atoms with Gasteiger partial charge in [0.05, 0.1) is 12.1 Å². The Morgan fingerprint density at radius 3 is 2.11 bits per heavy atom. The van der Waals surface area contributed by atoms with E-state index in [9.17, 15) is 28.9 Å². The maximum Gasteiger partial charge on any atom is 0.235 e. The normalized spacial score (nSPS) is 12.5. The molecule has 7 heteroatoms. The van der Waals surface area contributed by atoms with Gasteiger partial charge >= 0.3 is 0 Å². The van der Waals surface area contributed by atoms with Gasteiger partial charge in [0.15, 0.2) is 0 Å². The minimum atomic E-state index is -1.48. The summed E-state index contributed by atoms with van der Waals surface area (Å²) in [5.74, 6) is -6.85. The summed E-state index contributed by atoms with van der Waals surface area (Å²) >= 11 is 0. The standard InChI is InChI=1S/C20H15F2N3O2/c1-12(26)18(20(27)25-15-8-6-14(21)7-9-15)19(13(10-23)11-24)16-4-2-3-5-17(16)22/h2-9,13,18-19H,1H3,(H,25,27)/t18-,19-/m1/s1. The molecule has 0 saturated carbocycles. The molecule has 136 valence electrons. The van der Waals surface area contributed by atoms with Crippen molar-refractivity contribution in [3.8, 4) is 12.1 Å². The van der Waals surface area contributed by atoms with Crippen molar-refractivity contribution < 1.29 is 18.4 Å². The molecule has 0 aliphatic rings. The first-order valence-corrected chi connectivity index (χ1v) is 7.99. The summed E-state index contributed by atoms with van der Waals surface area (Å²) in [4.78, 5) is 25.0. The van der Waals surface area contributed by atoms with Crippen molar-refractivity contribution in [2.45, 2.75) is 12.8 Å². The highest BCUT2D eigenvalue weighted by molar-refractivity contribution is 6.07. The van der Waals surface area contributed by atoms with Gasteiger partial charge in [-0.3, -0.25) is 9.59 Å². The molecule has 0 radical (unpaired) electrons. The van der Waals surface area contributed by atoms with Crippen LogP contribution in [0.1, 0.15) is 18.4 Å². The van der Waals surface area contributed by atoms with Crippen LogP contribution < -0.4 is 5.32 Å². The largest absolute Gasteiger partial charge is 0.325 e. The SMILES string of the molecule is CC(=O)[C@@H](C(=O)Nc1ccc(F)cc1)[C@@H](c1ccccc1F)C(C#N)C#N. The van der Waals surface area contributed by atoms with E-state index in [1.807, 2.05) is 0 Å². The third-order valence-corrected chi connectivity index (χ3v) is 4.09. The zero-order chi connectivity index (χ0) is 20.0. The summed E-state index contributed by atoms with van der Waals surface area (Å²) in [7, 11) is 0. The van der Waals surface area contributed by atoms with Gasteiger partial charge in [-0.05, 0) is 42.8 Å². The molecule has 27 heavy (non-hydrogen) atoms. The molecule has 2 aromatic carbocycles. The number of nitrogens with zero attached hydrogens (tertiary/aromatic N) is 2. The quantitative estimate of drug-likeness (QED) is 0.790. The van der Waals surface area contributed by atoms with Gasteiger partial charge in [0.2, 0.25) is 5.91 Å². The van der Waals surface area contributed by atoms with Gasteiger partial charge in [0.1, 0.15) is 29.3 Å². The summed E-state index contributed by atoms with van der Waals surface area (Å²) < 4.78 is 27.3. The van der Waals surface area contributed by atoms with E-state index < -0.39 is 41.1 Å². The predicted octanol–water partition coefficient (Wildman–Crippen LogP) is 3.56. The lowest BCUT2D eigenvalue weighted by molar-refractivity contribution is -0.131. The first-order chi connectivity index (χ1) is 12.9. The molecule has 2 aromatic rings. The molecule has 0 aliphatic carbocycles. The first-order valence-electron chi connectivity index (χ1n) is 7.99. The second-order valence-electron chi connectivity index (χ2n) is 5.87. The van der Waals surface area contributed by atoms with Crippen LogP contribution in [0.4, 0.5) is 14.5 Å². The lowest BCUT2D eigenvalue weighted by atomic mass is 9.75. The van der Waals surface area contributed by atoms with Gasteiger partial charge < -0.3 is 5.32 Å². The van der Waals surface area contributed by atoms with Crippen LogP contribution in [0.25, 0.3) is 0 Å². The Labute approximate surface area is 154 Å². The minimum Gasteiger partial charge on any atom is -0.325 e. The fourth-order valence-corrected chi connectivity index (χ4v) is 2.84. The van der Waals surface area contributed by atoms with Crippen molar-refractivity contribution in [1.82, 2.24) is 0 Å². The van der Waals surface area contributed by atoms with Crippen molar-refractivity contribution in [2.75, 3.05) is 5.32 Å². The highest BCUT2D eigenvalue weighted by Crippen LogP contribution is 2.35.